The quantitative estimate of drug-likeness (QED) is 0.837. The Bertz CT molecular complexity index is 462. The largest absolute Gasteiger partial charge is 0.340 e. The third-order valence-electron chi connectivity index (χ3n) is 2.16. The van der Waals surface area contributed by atoms with Crippen molar-refractivity contribution in [2.75, 3.05) is 0 Å². The predicted molar refractivity (Wildman–Crippen MR) is 60.3 cm³/mol. The van der Waals surface area contributed by atoms with E-state index in [2.05, 4.69) is 44.7 Å². The van der Waals surface area contributed by atoms with Crippen molar-refractivity contribution in [3.63, 3.8) is 0 Å². The van der Waals surface area contributed by atoms with Crippen LogP contribution < -0.4 is 0 Å². The molecule has 0 aromatic carbocycles. The Morgan fingerprint density at radius 1 is 1.43 bits per heavy atom. The fourth-order valence-corrected chi connectivity index (χ4v) is 2.02. The van der Waals surface area contributed by atoms with Crippen molar-refractivity contribution >= 4 is 27.1 Å². The molecule has 14 heavy (non-hydrogen) atoms. The van der Waals surface area contributed by atoms with Gasteiger partial charge in [0, 0.05) is 6.42 Å². The first-order valence-electron chi connectivity index (χ1n) is 4.72. The van der Waals surface area contributed by atoms with Gasteiger partial charge in [-0.05, 0) is 40.9 Å². The van der Waals surface area contributed by atoms with Gasteiger partial charge in [0.25, 0.3) is 0 Å². The number of H-pyrrole nitrogens is 1. The zero-order valence-electron chi connectivity index (χ0n) is 8.26. The summed E-state index contributed by atoms with van der Waals surface area (Å²) >= 11 is 3.37. The van der Waals surface area contributed by atoms with Crippen LogP contribution in [-0.2, 0) is 6.42 Å². The lowest BCUT2D eigenvalue weighted by Crippen LogP contribution is -1.84. The van der Waals surface area contributed by atoms with E-state index >= 15 is 0 Å². The maximum atomic E-state index is 4.43. The first-order valence-corrected chi connectivity index (χ1v) is 5.51. The number of fused-ring (bicyclic) bond motifs is 1. The average molecular weight is 254 g/mol. The summed E-state index contributed by atoms with van der Waals surface area (Å²) in [6, 6.07) is 2.00. The molecule has 0 radical (unpaired) electrons. The second-order valence-corrected chi connectivity index (χ2v) is 4.21. The fraction of sp³-hybridized carbons (Fsp3) is 0.400. The summed E-state index contributed by atoms with van der Waals surface area (Å²) in [6.07, 6.45) is 2.08. The van der Waals surface area contributed by atoms with Crippen LogP contribution in [0.5, 0.6) is 0 Å². The van der Waals surface area contributed by atoms with Crippen molar-refractivity contribution in [3.05, 3.63) is 22.1 Å². The van der Waals surface area contributed by atoms with Gasteiger partial charge in [-0.2, -0.15) is 0 Å². The van der Waals surface area contributed by atoms with Gasteiger partial charge in [-0.25, -0.2) is 9.97 Å². The second-order valence-electron chi connectivity index (χ2n) is 3.39. The number of pyridine rings is 1. The highest BCUT2D eigenvalue weighted by Crippen LogP contribution is 2.18. The minimum atomic E-state index is 0.806. The molecule has 0 saturated heterocycles. The van der Waals surface area contributed by atoms with Crippen molar-refractivity contribution in [2.24, 2.45) is 0 Å². The molecule has 3 nitrogen and oxygen atoms in total. The lowest BCUT2D eigenvalue weighted by Gasteiger charge is -1.94. The van der Waals surface area contributed by atoms with Crippen molar-refractivity contribution in [1.82, 2.24) is 15.0 Å². The summed E-state index contributed by atoms with van der Waals surface area (Å²) in [6.45, 7) is 4.20. The van der Waals surface area contributed by atoms with E-state index in [9.17, 15) is 0 Å². The highest BCUT2D eigenvalue weighted by molar-refractivity contribution is 9.10. The number of hydrogen-bond acceptors (Lipinski definition) is 2. The van der Waals surface area contributed by atoms with Crippen molar-refractivity contribution in [2.45, 2.75) is 26.7 Å². The Labute approximate surface area is 91.1 Å². The lowest BCUT2D eigenvalue weighted by atomic mass is 10.3. The van der Waals surface area contributed by atoms with Gasteiger partial charge >= 0.3 is 0 Å². The smallest absolute Gasteiger partial charge is 0.179 e. The van der Waals surface area contributed by atoms with Crippen molar-refractivity contribution < 1.29 is 0 Å². The molecular formula is C10H12BrN3. The Balaban J connectivity index is 2.58. The SMILES string of the molecule is CCCc1nc2nc(Br)cc(C)c2[nH]1. The summed E-state index contributed by atoms with van der Waals surface area (Å²) in [5.74, 6) is 1.02. The molecule has 0 unspecified atom stereocenters. The maximum Gasteiger partial charge on any atom is 0.179 e. The number of nitrogens with one attached hydrogen (secondary N) is 1. The molecular weight excluding hydrogens is 242 g/mol. The molecule has 0 spiro atoms. The van der Waals surface area contributed by atoms with Crippen LogP contribution in [0.1, 0.15) is 24.7 Å². The van der Waals surface area contributed by atoms with Crippen molar-refractivity contribution in [3.8, 4) is 0 Å². The number of nitrogens with zero attached hydrogens (tertiary/aromatic N) is 2. The summed E-state index contributed by atoms with van der Waals surface area (Å²) in [5, 5.41) is 0. The predicted octanol–water partition coefficient (Wildman–Crippen LogP) is 2.98. The Morgan fingerprint density at radius 2 is 2.21 bits per heavy atom. The molecule has 2 aromatic heterocycles. The number of hydrogen-bond donors (Lipinski definition) is 1. The standard InChI is InChI=1S/C10H12BrN3/c1-3-4-8-13-9-6(2)5-7(11)12-10(9)14-8/h5H,3-4H2,1-2H3,(H,12,13,14). The minimum absolute atomic E-state index is 0.806. The van der Waals surface area contributed by atoms with E-state index in [1.165, 1.54) is 5.56 Å². The second kappa shape index (κ2) is 3.69. The number of rotatable bonds is 2. The summed E-state index contributed by atoms with van der Waals surface area (Å²) in [7, 11) is 0. The number of imidazole rings is 1. The average Bonchev–Trinajstić information content (AvgIpc) is 2.48. The number of halogens is 1. The van der Waals surface area contributed by atoms with Crippen LogP contribution >= 0.6 is 15.9 Å². The van der Waals surface area contributed by atoms with E-state index in [0.717, 1.165) is 34.4 Å². The number of aryl methyl sites for hydroxylation is 2. The molecule has 0 aliphatic carbocycles. The molecule has 0 amide bonds. The van der Waals surface area contributed by atoms with E-state index in [4.69, 9.17) is 0 Å². The van der Waals surface area contributed by atoms with Gasteiger partial charge in [-0.3, -0.25) is 0 Å². The third-order valence-corrected chi connectivity index (χ3v) is 2.57. The molecule has 0 bridgehead atoms. The van der Waals surface area contributed by atoms with Gasteiger partial charge in [0.1, 0.15) is 10.4 Å². The van der Waals surface area contributed by atoms with E-state index in [1.54, 1.807) is 0 Å². The molecule has 0 aliphatic rings. The summed E-state index contributed by atoms with van der Waals surface area (Å²) in [4.78, 5) is 12.0. The normalized spacial score (nSPS) is 11.1. The van der Waals surface area contributed by atoms with Crippen LogP contribution in [0.2, 0.25) is 0 Å². The van der Waals surface area contributed by atoms with Crippen LogP contribution in [-0.4, -0.2) is 15.0 Å². The molecule has 2 rings (SSSR count). The van der Waals surface area contributed by atoms with Crippen LogP contribution in [0.15, 0.2) is 10.7 Å². The summed E-state index contributed by atoms with van der Waals surface area (Å²) < 4.78 is 0.844. The van der Waals surface area contributed by atoms with Gasteiger partial charge in [-0.15, -0.1) is 0 Å². The van der Waals surface area contributed by atoms with Gasteiger partial charge in [0.05, 0.1) is 5.52 Å². The monoisotopic (exact) mass is 253 g/mol. The van der Waals surface area contributed by atoms with Gasteiger partial charge in [-0.1, -0.05) is 6.92 Å². The van der Waals surface area contributed by atoms with Crippen LogP contribution in [0, 0.1) is 6.92 Å². The Hall–Kier alpha value is -0.900. The fourth-order valence-electron chi connectivity index (χ4n) is 1.51. The topological polar surface area (TPSA) is 41.6 Å². The first kappa shape index (κ1) is 9.65. The molecule has 0 fully saturated rings. The van der Waals surface area contributed by atoms with Gasteiger partial charge in [0.15, 0.2) is 5.65 Å². The third kappa shape index (κ3) is 1.66. The molecule has 4 heteroatoms. The summed E-state index contributed by atoms with van der Waals surface area (Å²) in [5.41, 5.74) is 3.04. The Morgan fingerprint density at radius 3 is 2.93 bits per heavy atom. The van der Waals surface area contributed by atoms with Crippen LogP contribution in [0.25, 0.3) is 11.2 Å². The van der Waals surface area contributed by atoms with Gasteiger partial charge in [0.2, 0.25) is 0 Å². The zero-order valence-corrected chi connectivity index (χ0v) is 9.85. The minimum Gasteiger partial charge on any atom is -0.340 e. The number of aromatic amines is 1. The Kier molecular flexibility index (Phi) is 2.54. The zero-order chi connectivity index (χ0) is 10.1. The highest BCUT2D eigenvalue weighted by Gasteiger charge is 2.06. The number of aromatic nitrogens is 3. The highest BCUT2D eigenvalue weighted by atomic mass is 79.9. The molecule has 0 saturated carbocycles. The van der Waals surface area contributed by atoms with Crippen LogP contribution in [0.3, 0.4) is 0 Å². The molecule has 2 heterocycles. The van der Waals surface area contributed by atoms with E-state index in [0.29, 0.717) is 0 Å². The molecule has 1 N–H and O–H groups in total. The lowest BCUT2D eigenvalue weighted by molar-refractivity contribution is 0.860. The molecule has 0 atom stereocenters. The molecule has 2 aromatic rings. The van der Waals surface area contributed by atoms with E-state index < -0.39 is 0 Å². The van der Waals surface area contributed by atoms with Crippen molar-refractivity contribution in [1.29, 1.82) is 0 Å². The van der Waals surface area contributed by atoms with E-state index in [-0.39, 0.29) is 0 Å². The van der Waals surface area contributed by atoms with E-state index in [1.807, 2.05) is 6.07 Å². The molecule has 0 aliphatic heterocycles. The maximum absolute atomic E-state index is 4.43. The van der Waals surface area contributed by atoms with Gasteiger partial charge < -0.3 is 4.98 Å². The molecule has 74 valence electrons. The first-order chi connectivity index (χ1) is 6.70. The van der Waals surface area contributed by atoms with Crippen LogP contribution in [0.4, 0.5) is 0 Å².